The molecule has 0 bridgehead atoms. The third-order valence-electron chi connectivity index (χ3n) is 2.96. The van der Waals surface area contributed by atoms with E-state index in [0.717, 1.165) is 28.0 Å². The summed E-state index contributed by atoms with van der Waals surface area (Å²) in [6.07, 6.45) is 3.30. The summed E-state index contributed by atoms with van der Waals surface area (Å²) in [7, 11) is 0. The van der Waals surface area contributed by atoms with Gasteiger partial charge in [0.2, 0.25) is 0 Å². The van der Waals surface area contributed by atoms with Crippen LogP contribution >= 0.6 is 0 Å². The minimum atomic E-state index is 0.664. The molecule has 0 saturated carbocycles. The minimum absolute atomic E-state index is 0.664. The van der Waals surface area contributed by atoms with E-state index in [1.54, 1.807) is 12.5 Å². The van der Waals surface area contributed by atoms with Gasteiger partial charge in [0.25, 0.3) is 0 Å². The lowest BCUT2D eigenvalue weighted by Crippen LogP contribution is -2.02. The Kier molecular flexibility index (Phi) is 3.06. The minimum Gasteiger partial charge on any atom is -0.378 e. The molecule has 4 heteroatoms. The van der Waals surface area contributed by atoms with Crippen LogP contribution < -0.4 is 5.32 Å². The van der Waals surface area contributed by atoms with Crippen molar-refractivity contribution < 1.29 is 0 Å². The maximum atomic E-state index is 4.59. The van der Waals surface area contributed by atoms with Crippen molar-refractivity contribution in [3.63, 3.8) is 0 Å². The van der Waals surface area contributed by atoms with Crippen LogP contribution in [0.5, 0.6) is 0 Å². The highest BCUT2D eigenvalue weighted by Crippen LogP contribution is 2.22. The summed E-state index contributed by atoms with van der Waals surface area (Å²) in [5.41, 5.74) is 4.00. The largest absolute Gasteiger partial charge is 0.378 e. The normalized spacial score (nSPS) is 10.6. The Bertz CT molecular complexity index is 695. The lowest BCUT2D eigenvalue weighted by molar-refractivity contribution is 1.01. The van der Waals surface area contributed by atoms with E-state index in [9.17, 15) is 0 Å². The highest BCUT2D eigenvalue weighted by Gasteiger charge is 2.02. The average molecular weight is 250 g/mol. The van der Waals surface area contributed by atoms with Gasteiger partial charge in [-0.2, -0.15) is 0 Å². The Morgan fingerprint density at radius 2 is 2.05 bits per heavy atom. The van der Waals surface area contributed by atoms with Gasteiger partial charge in [0.15, 0.2) is 0 Å². The first-order valence-corrected chi connectivity index (χ1v) is 6.18. The van der Waals surface area contributed by atoms with Crippen LogP contribution in [0.4, 0.5) is 5.69 Å². The van der Waals surface area contributed by atoms with Crippen LogP contribution in [-0.4, -0.2) is 15.0 Å². The Hall–Kier alpha value is -2.49. The second-order valence-electron chi connectivity index (χ2n) is 4.38. The summed E-state index contributed by atoms with van der Waals surface area (Å²) in [5.74, 6) is 0. The van der Waals surface area contributed by atoms with Gasteiger partial charge in [-0.25, -0.2) is 9.97 Å². The molecular formula is C15H14N4. The lowest BCUT2D eigenvalue weighted by atomic mass is 10.1. The summed E-state index contributed by atoms with van der Waals surface area (Å²) in [4.78, 5) is 12.7. The van der Waals surface area contributed by atoms with Crippen molar-refractivity contribution in [3.05, 3.63) is 60.3 Å². The zero-order chi connectivity index (χ0) is 13.1. The first kappa shape index (κ1) is 11.6. The number of para-hydroxylation sites is 1. The number of hydrogen-bond donors (Lipinski definition) is 1. The fourth-order valence-electron chi connectivity index (χ4n) is 2.00. The molecule has 0 spiro atoms. The van der Waals surface area contributed by atoms with Crippen LogP contribution in [0.2, 0.25) is 0 Å². The molecule has 19 heavy (non-hydrogen) atoms. The van der Waals surface area contributed by atoms with E-state index in [1.165, 1.54) is 0 Å². The van der Waals surface area contributed by atoms with Gasteiger partial charge in [-0.3, -0.25) is 4.98 Å². The molecule has 0 saturated heterocycles. The molecule has 0 atom stereocenters. The van der Waals surface area contributed by atoms with E-state index in [1.807, 2.05) is 31.2 Å². The summed E-state index contributed by atoms with van der Waals surface area (Å²) < 4.78 is 0. The molecule has 0 radical (unpaired) electrons. The van der Waals surface area contributed by atoms with Crippen LogP contribution in [0, 0.1) is 6.92 Å². The molecule has 0 aliphatic rings. The van der Waals surface area contributed by atoms with Gasteiger partial charge in [-0.1, -0.05) is 18.2 Å². The number of fused-ring (bicyclic) bond motifs is 1. The molecule has 1 aromatic carbocycles. The van der Waals surface area contributed by atoms with E-state index >= 15 is 0 Å². The molecule has 2 aromatic heterocycles. The van der Waals surface area contributed by atoms with Crippen LogP contribution in [0.1, 0.15) is 11.4 Å². The smallest absolute Gasteiger partial charge is 0.115 e. The highest BCUT2D eigenvalue weighted by molar-refractivity contribution is 5.90. The Balaban J connectivity index is 1.90. The second kappa shape index (κ2) is 5.02. The number of aryl methyl sites for hydroxylation is 1. The second-order valence-corrected chi connectivity index (χ2v) is 4.38. The highest BCUT2D eigenvalue weighted by atomic mass is 14.9. The number of hydrogen-bond acceptors (Lipinski definition) is 4. The molecule has 0 amide bonds. The van der Waals surface area contributed by atoms with Gasteiger partial charge in [0.1, 0.15) is 6.33 Å². The Morgan fingerprint density at radius 1 is 1.11 bits per heavy atom. The molecule has 0 fully saturated rings. The van der Waals surface area contributed by atoms with Gasteiger partial charge in [-0.15, -0.1) is 0 Å². The van der Waals surface area contributed by atoms with Crippen molar-refractivity contribution >= 4 is 16.6 Å². The molecule has 2 heterocycles. The first-order chi connectivity index (χ1) is 9.33. The zero-order valence-electron chi connectivity index (χ0n) is 10.7. The molecular weight excluding hydrogens is 236 g/mol. The standard InChI is InChI=1S/C15H14N4/c1-11-5-6-12-3-2-4-14(15(12)19-11)17-9-13-7-8-16-10-18-13/h2-8,10,17H,9H2,1H3. The van der Waals surface area contributed by atoms with Crippen molar-refractivity contribution in [3.8, 4) is 0 Å². The van der Waals surface area contributed by atoms with Crippen molar-refractivity contribution in [1.82, 2.24) is 15.0 Å². The van der Waals surface area contributed by atoms with Crippen molar-refractivity contribution in [1.29, 1.82) is 0 Å². The summed E-state index contributed by atoms with van der Waals surface area (Å²) in [6, 6.07) is 12.1. The van der Waals surface area contributed by atoms with Crippen LogP contribution in [0.3, 0.4) is 0 Å². The number of nitrogens with one attached hydrogen (secondary N) is 1. The third-order valence-corrected chi connectivity index (χ3v) is 2.96. The molecule has 3 rings (SSSR count). The SMILES string of the molecule is Cc1ccc2cccc(NCc3ccncn3)c2n1. The van der Waals surface area contributed by atoms with Gasteiger partial charge in [0, 0.05) is 17.3 Å². The topological polar surface area (TPSA) is 50.7 Å². The van der Waals surface area contributed by atoms with Gasteiger partial charge in [-0.05, 0) is 25.1 Å². The maximum Gasteiger partial charge on any atom is 0.115 e. The van der Waals surface area contributed by atoms with Crippen molar-refractivity contribution in [2.45, 2.75) is 13.5 Å². The number of pyridine rings is 1. The van der Waals surface area contributed by atoms with E-state index in [2.05, 4.69) is 32.4 Å². The molecule has 3 aromatic rings. The van der Waals surface area contributed by atoms with E-state index in [0.29, 0.717) is 6.54 Å². The Morgan fingerprint density at radius 3 is 2.89 bits per heavy atom. The maximum absolute atomic E-state index is 4.59. The third kappa shape index (κ3) is 2.52. The monoisotopic (exact) mass is 250 g/mol. The number of benzene rings is 1. The van der Waals surface area contributed by atoms with Crippen LogP contribution in [-0.2, 0) is 6.54 Å². The van der Waals surface area contributed by atoms with Crippen molar-refractivity contribution in [2.24, 2.45) is 0 Å². The zero-order valence-corrected chi connectivity index (χ0v) is 10.7. The molecule has 94 valence electrons. The Labute approximate surface area is 111 Å². The number of rotatable bonds is 3. The first-order valence-electron chi connectivity index (χ1n) is 6.18. The molecule has 1 N–H and O–H groups in total. The summed E-state index contributed by atoms with van der Waals surface area (Å²) in [6.45, 7) is 2.66. The quantitative estimate of drug-likeness (QED) is 0.776. The number of anilines is 1. The molecule has 0 aliphatic carbocycles. The molecule has 0 aliphatic heterocycles. The molecule has 4 nitrogen and oxygen atoms in total. The average Bonchev–Trinajstić information content (AvgIpc) is 2.46. The summed E-state index contributed by atoms with van der Waals surface area (Å²) >= 11 is 0. The van der Waals surface area contributed by atoms with Crippen LogP contribution in [0.15, 0.2) is 48.9 Å². The van der Waals surface area contributed by atoms with E-state index in [-0.39, 0.29) is 0 Å². The van der Waals surface area contributed by atoms with Gasteiger partial charge >= 0.3 is 0 Å². The molecule has 0 unspecified atom stereocenters. The van der Waals surface area contributed by atoms with Crippen LogP contribution in [0.25, 0.3) is 10.9 Å². The number of aromatic nitrogens is 3. The lowest BCUT2D eigenvalue weighted by Gasteiger charge is -2.09. The summed E-state index contributed by atoms with van der Waals surface area (Å²) in [5, 5.41) is 4.52. The van der Waals surface area contributed by atoms with Gasteiger partial charge in [0.05, 0.1) is 23.4 Å². The van der Waals surface area contributed by atoms with Gasteiger partial charge < -0.3 is 5.32 Å². The number of nitrogens with zero attached hydrogens (tertiary/aromatic N) is 3. The van der Waals surface area contributed by atoms with E-state index in [4.69, 9.17) is 0 Å². The van der Waals surface area contributed by atoms with Crippen molar-refractivity contribution in [2.75, 3.05) is 5.32 Å². The fourth-order valence-corrected chi connectivity index (χ4v) is 2.00. The predicted octanol–water partition coefficient (Wildman–Crippen LogP) is 2.95. The predicted molar refractivity (Wildman–Crippen MR) is 75.8 cm³/mol. The van der Waals surface area contributed by atoms with E-state index < -0.39 is 0 Å². The fraction of sp³-hybridized carbons (Fsp3) is 0.133.